The fourth-order valence-corrected chi connectivity index (χ4v) is 2.47. The number of halogens is 4. The van der Waals surface area contributed by atoms with Crippen molar-refractivity contribution in [2.24, 2.45) is 0 Å². The molecule has 2 aromatic rings. The van der Waals surface area contributed by atoms with E-state index in [9.17, 15) is 0 Å². The van der Waals surface area contributed by atoms with Crippen LogP contribution in [0.3, 0.4) is 0 Å². The van der Waals surface area contributed by atoms with Crippen LogP contribution in [0.15, 0.2) is 48.5 Å². The zero-order chi connectivity index (χ0) is 13.2. The highest BCUT2D eigenvalue weighted by Gasteiger charge is 2.26. The first-order valence-electron chi connectivity index (χ1n) is 5.36. The van der Waals surface area contributed by atoms with Crippen molar-refractivity contribution in [1.82, 2.24) is 0 Å². The van der Waals surface area contributed by atoms with Gasteiger partial charge in [-0.3, -0.25) is 0 Å². The van der Waals surface area contributed by atoms with E-state index in [1.807, 2.05) is 36.4 Å². The quantitative estimate of drug-likeness (QED) is 0.621. The standard InChI is InChI=1S/C14H10Cl4/c15-12-5-1-10(2-6-12)9-14(17,18)11-3-7-13(16)8-4-11/h1-8H,9H2. The van der Waals surface area contributed by atoms with Gasteiger partial charge in [0.1, 0.15) is 4.33 Å². The molecule has 0 fully saturated rings. The topological polar surface area (TPSA) is 0 Å². The average Bonchev–Trinajstić information content (AvgIpc) is 2.32. The molecule has 0 bridgehead atoms. The Morgan fingerprint density at radius 1 is 0.722 bits per heavy atom. The van der Waals surface area contributed by atoms with E-state index in [1.165, 1.54) is 0 Å². The minimum absolute atomic E-state index is 0.509. The molecule has 0 saturated heterocycles. The lowest BCUT2D eigenvalue weighted by Crippen LogP contribution is -2.13. The molecule has 2 aromatic carbocycles. The van der Waals surface area contributed by atoms with Gasteiger partial charge in [-0.2, -0.15) is 0 Å². The Bertz CT molecular complexity index is 514. The molecular formula is C14H10Cl4. The van der Waals surface area contributed by atoms with Gasteiger partial charge in [-0.05, 0) is 35.4 Å². The summed E-state index contributed by atoms with van der Waals surface area (Å²) in [4.78, 5) is 0. The number of hydrogen-bond acceptors (Lipinski definition) is 0. The fourth-order valence-electron chi connectivity index (χ4n) is 1.65. The van der Waals surface area contributed by atoms with Gasteiger partial charge in [0.15, 0.2) is 0 Å². The zero-order valence-corrected chi connectivity index (χ0v) is 12.4. The lowest BCUT2D eigenvalue weighted by atomic mass is 10.0. The van der Waals surface area contributed by atoms with Crippen LogP contribution < -0.4 is 0 Å². The summed E-state index contributed by atoms with van der Waals surface area (Å²) in [7, 11) is 0. The van der Waals surface area contributed by atoms with Gasteiger partial charge in [0.25, 0.3) is 0 Å². The highest BCUT2D eigenvalue weighted by atomic mass is 35.5. The SMILES string of the molecule is Clc1ccc(CC(Cl)(Cl)c2ccc(Cl)cc2)cc1. The molecule has 0 unspecified atom stereocenters. The number of hydrogen-bond donors (Lipinski definition) is 0. The third-order valence-corrected chi connectivity index (χ3v) is 3.81. The van der Waals surface area contributed by atoms with E-state index in [-0.39, 0.29) is 0 Å². The minimum Gasteiger partial charge on any atom is -0.0959 e. The van der Waals surface area contributed by atoms with E-state index >= 15 is 0 Å². The lowest BCUT2D eigenvalue weighted by molar-refractivity contribution is 0.837. The molecule has 0 N–H and O–H groups in total. The fraction of sp³-hybridized carbons (Fsp3) is 0.143. The Hall–Kier alpha value is -0.400. The highest BCUT2D eigenvalue weighted by molar-refractivity contribution is 6.48. The molecule has 4 heteroatoms. The maximum absolute atomic E-state index is 6.38. The Morgan fingerprint density at radius 3 is 1.67 bits per heavy atom. The van der Waals surface area contributed by atoms with Crippen molar-refractivity contribution in [2.45, 2.75) is 10.8 Å². The van der Waals surface area contributed by atoms with E-state index < -0.39 is 4.33 Å². The Kier molecular flexibility index (Phi) is 4.45. The first-order chi connectivity index (χ1) is 8.47. The van der Waals surface area contributed by atoms with Crippen LogP contribution in [0, 0.1) is 0 Å². The predicted molar refractivity (Wildman–Crippen MR) is 80.0 cm³/mol. The predicted octanol–water partition coefficient (Wildman–Crippen LogP) is 5.87. The maximum atomic E-state index is 6.38. The number of alkyl halides is 2. The Balaban J connectivity index is 2.20. The first kappa shape index (κ1) is 14.0. The van der Waals surface area contributed by atoms with Crippen LogP contribution in [0.1, 0.15) is 11.1 Å². The van der Waals surface area contributed by atoms with Crippen molar-refractivity contribution < 1.29 is 0 Å². The van der Waals surface area contributed by atoms with E-state index in [0.29, 0.717) is 16.5 Å². The second-order valence-corrected chi connectivity index (χ2v) is 6.37. The van der Waals surface area contributed by atoms with Gasteiger partial charge < -0.3 is 0 Å². The smallest absolute Gasteiger partial charge is 0.0959 e. The molecule has 18 heavy (non-hydrogen) atoms. The highest BCUT2D eigenvalue weighted by Crippen LogP contribution is 2.37. The third kappa shape index (κ3) is 3.55. The number of rotatable bonds is 3. The molecule has 0 aliphatic carbocycles. The van der Waals surface area contributed by atoms with Crippen LogP contribution in [0.5, 0.6) is 0 Å². The van der Waals surface area contributed by atoms with Gasteiger partial charge in [-0.15, -0.1) is 0 Å². The molecule has 0 saturated carbocycles. The van der Waals surface area contributed by atoms with Gasteiger partial charge in [0.2, 0.25) is 0 Å². The van der Waals surface area contributed by atoms with Crippen molar-refractivity contribution in [1.29, 1.82) is 0 Å². The molecule has 0 heterocycles. The van der Waals surface area contributed by atoms with Gasteiger partial charge in [0.05, 0.1) is 0 Å². The summed E-state index contributed by atoms with van der Waals surface area (Å²) >= 11 is 24.4. The monoisotopic (exact) mass is 318 g/mol. The molecule has 0 aliphatic heterocycles. The molecule has 0 aliphatic rings. The van der Waals surface area contributed by atoms with Crippen LogP contribution in [0.2, 0.25) is 10.0 Å². The summed E-state index contributed by atoms with van der Waals surface area (Å²) in [5.74, 6) is 0. The maximum Gasteiger partial charge on any atom is 0.147 e. The van der Waals surface area contributed by atoms with Crippen LogP contribution in [0.25, 0.3) is 0 Å². The van der Waals surface area contributed by atoms with Crippen LogP contribution >= 0.6 is 46.4 Å². The first-order valence-corrected chi connectivity index (χ1v) is 6.87. The Labute approximate surface area is 126 Å². The zero-order valence-electron chi connectivity index (χ0n) is 9.34. The van der Waals surface area contributed by atoms with Crippen LogP contribution in [0.4, 0.5) is 0 Å². The Morgan fingerprint density at radius 2 is 1.17 bits per heavy atom. The molecule has 0 nitrogen and oxygen atoms in total. The summed E-state index contributed by atoms with van der Waals surface area (Å²) in [6.07, 6.45) is 0.509. The lowest BCUT2D eigenvalue weighted by Gasteiger charge is -2.20. The molecule has 0 amide bonds. The summed E-state index contributed by atoms with van der Waals surface area (Å²) in [6, 6.07) is 14.7. The summed E-state index contributed by atoms with van der Waals surface area (Å²) in [5.41, 5.74) is 1.85. The molecule has 0 aromatic heterocycles. The summed E-state index contributed by atoms with van der Waals surface area (Å²) in [5, 5.41) is 1.36. The largest absolute Gasteiger partial charge is 0.147 e. The number of benzene rings is 2. The van der Waals surface area contributed by atoms with Crippen molar-refractivity contribution in [3.05, 3.63) is 69.7 Å². The van der Waals surface area contributed by atoms with Gasteiger partial charge in [-0.1, -0.05) is 70.7 Å². The average molecular weight is 320 g/mol. The molecule has 0 atom stereocenters. The molecule has 0 spiro atoms. The molecule has 94 valence electrons. The van der Waals surface area contributed by atoms with Gasteiger partial charge in [0, 0.05) is 16.5 Å². The second-order valence-electron chi connectivity index (χ2n) is 4.01. The van der Waals surface area contributed by atoms with Crippen molar-refractivity contribution in [3.63, 3.8) is 0 Å². The van der Waals surface area contributed by atoms with Gasteiger partial charge in [-0.25, -0.2) is 0 Å². The van der Waals surface area contributed by atoms with E-state index in [2.05, 4.69) is 0 Å². The van der Waals surface area contributed by atoms with Crippen molar-refractivity contribution >= 4 is 46.4 Å². The van der Waals surface area contributed by atoms with E-state index in [0.717, 1.165) is 11.1 Å². The van der Waals surface area contributed by atoms with Crippen molar-refractivity contribution in [2.75, 3.05) is 0 Å². The van der Waals surface area contributed by atoms with E-state index in [4.69, 9.17) is 46.4 Å². The summed E-state index contributed by atoms with van der Waals surface area (Å²) < 4.78 is -0.974. The minimum atomic E-state index is -0.974. The second kappa shape index (κ2) is 5.71. The normalized spacial score (nSPS) is 11.6. The van der Waals surface area contributed by atoms with Crippen molar-refractivity contribution in [3.8, 4) is 0 Å². The van der Waals surface area contributed by atoms with Crippen LogP contribution in [-0.2, 0) is 10.8 Å². The molecule has 0 radical (unpaired) electrons. The van der Waals surface area contributed by atoms with E-state index in [1.54, 1.807) is 12.1 Å². The molecule has 2 rings (SSSR count). The van der Waals surface area contributed by atoms with Crippen LogP contribution in [-0.4, -0.2) is 0 Å². The molecular weight excluding hydrogens is 310 g/mol. The third-order valence-electron chi connectivity index (χ3n) is 2.61. The summed E-state index contributed by atoms with van der Waals surface area (Å²) in [6.45, 7) is 0. The van der Waals surface area contributed by atoms with Gasteiger partial charge >= 0.3 is 0 Å².